The monoisotopic (exact) mass is 281 g/mol. The highest BCUT2D eigenvalue weighted by Gasteiger charge is 2.15. The molecule has 0 fully saturated rings. The van der Waals surface area contributed by atoms with Crippen LogP contribution in [-0.2, 0) is 16.0 Å². The number of ether oxygens (including phenoxy) is 1. The number of nitrogens with two attached hydrogens (primary N) is 1. The maximum Gasteiger partial charge on any atom is 0.323 e. The Kier molecular flexibility index (Phi) is 7.11. The lowest BCUT2D eigenvalue weighted by Crippen LogP contribution is -2.34. The molecule has 0 aromatic heterocycles. The molecule has 0 bridgehead atoms. The van der Waals surface area contributed by atoms with Crippen LogP contribution in [0, 0.1) is 5.82 Å². The van der Waals surface area contributed by atoms with E-state index < -0.39 is 17.8 Å². The third-order valence-corrected chi connectivity index (χ3v) is 2.32. The molecule has 0 amide bonds. The molecule has 0 radical (unpaired) electrons. The van der Waals surface area contributed by atoms with Gasteiger partial charge in [-0.2, -0.15) is 0 Å². The largest absolute Gasteiger partial charge is 0.465 e. The molecule has 0 unspecified atom stereocenters. The van der Waals surface area contributed by atoms with Crippen LogP contribution in [0.2, 0.25) is 5.02 Å². The van der Waals surface area contributed by atoms with Gasteiger partial charge in [0.2, 0.25) is 0 Å². The number of carbonyl (C=O) groups excluding carboxylic acids is 1. The number of rotatable bonds is 4. The number of esters is 1. The molecular weight excluding hydrogens is 268 g/mol. The highest BCUT2D eigenvalue weighted by atomic mass is 35.5. The summed E-state index contributed by atoms with van der Waals surface area (Å²) in [6.07, 6.45) is 0.277. The quantitative estimate of drug-likeness (QED) is 0.862. The van der Waals surface area contributed by atoms with Crippen LogP contribution < -0.4 is 5.73 Å². The van der Waals surface area contributed by atoms with E-state index in [4.69, 9.17) is 22.1 Å². The number of benzene rings is 1. The van der Waals surface area contributed by atoms with E-state index in [0.717, 1.165) is 0 Å². The molecule has 1 atom stereocenters. The Morgan fingerprint density at radius 2 is 2.24 bits per heavy atom. The lowest BCUT2D eigenvalue weighted by molar-refractivity contribution is -0.144. The first-order valence-corrected chi connectivity index (χ1v) is 5.28. The summed E-state index contributed by atoms with van der Waals surface area (Å²) in [6, 6.07) is 3.49. The van der Waals surface area contributed by atoms with Crippen LogP contribution in [0.5, 0.6) is 0 Å². The van der Waals surface area contributed by atoms with Crippen molar-refractivity contribution in [3.8, 4) is 0 Å². The number of carbonyl (C=O) groups is 1. The van der Waals surface area contributed by atoms with E-state index in [1.54, 1.807) is 13.0 Å². The van der Waals surface area contributed by atoms with Crippen LogP contribution in [0.4, 0.5) is 4.39 Å². The topological polar surface area (TPSA) is 52.3 Å². The molecule has 0 aliphatic carbocycles. The third-order valence-electron chi connectivity index (χ3n) is 2.03. The van der Waals surface area contributed by atoms with E-state index in [1.807, 2.05) is 0 Å². The fourth-order valence-corrected chi connectivity index (χ4v) is 1.46. The minimum absolute atomic E-state index is 0. The van der Waals surface area contributed by atoms with E-state index in [1.165, 1.54) is 12.1 Å². The Bertz CT molecular complexity index is 388. The van der Waals surface area contributed by atoms with Crippen LogP contribution in [0.1, 0.15) is 12.5 Å². The molecule has 6 heteroatoms. The molecule has 1 rings (SSSR count). The predicted octanol–water partition coefficient (Wildman–Crippen LogP) is 2.33. The van der Waals surface area contributed by atoms with Crippen LogP contribution in [0.25, 0.3) is 0 Å². The van der Waals surface area contributed by atoms with Gasteiger partial charge in [-0.15, -0.1) is 12.4 Å². The van der Waals surface area contributed by atoms with Crippen molar-refractivity contribution >= 4 is 30.0 Å². The van der Waals surface area contributed by atoms with E-state index in [2.05, 4.69) is 0 Å². The number of halogens is 3. The van der Waals surface area contributed by atoms with Gasteiger partial charge in [0, 0.05) is 0 Å². The van der Waals surface area contributed by atoms with Crippen LogP contribution in [0.15, 0.2) is 18.2 Å². The first-order chi connectivity index (χ1) is 7.54. The molecule has 0 saturated heterocycles. The molecule has 0 aliphatic rings. The Morgan fingerprint density at radius 3 is 2.76 bits per heavy atom. The lowest BCUT2D eigenvalue weighted by atomic mass is 10.1. The summed E-state index contributed by atoms with van der Waals surface area (Å²) in [4.78, 5) is 11.2. The second-order valence-corrected chi connectivity index (χ2v) is 3.72. The Hall–Kier alpha value is -0.840. The van der Waals surface area contributed by atoms with Gasteiger partial charge in [-0.1, -0.05) is 17.7 Å². The van der Waals surface area contributed by atoms with Crippen molar-refractivity contribution in [2.75, 3.05) is 6.61 Å². The second-order valence-electron chi connectivity index (χ2n) is 3.31. The molecule has 2 N–H and O–H groups in total. The molecule has 17 heavy (non-hydrogen) atoms. The van der Waals surface area contributed by atoms with E-state index in [-0.39, 0.29) is 30.5 Å². The normalized spacial score (nSPS) is 11.5. The van der Waals surface area contributed by atoms with E-state index in [9.17, 15) is 9.18 Å². The second kappa shape index (κ2) is 7.48. The van der Waals surface area contributed by atoms with E-state index in [0.29, 0.717) is 5.56 Å². The summed E-state index contributed by atoms with van der Waals surface area (Å²) in [5.74, 6) is -0.960. The van der Waals surface area contributed by atoms with Gasteiger partial charge in [0.1, 0.15) is 11.9 Å². The zero-order chi connectivity index (χ0) is 12.1. The number of hydrogen-bond acceptors (Lipinski definition) is 3. The summed E-state index contributed by atoms with van der Waals surface area (Å²) in [5, 5.41) is 0.0218. The first-order valence-electron chi connectivity index (χ1n) is 4.90. The maximum atomic E-state index is 12.9. The van der Waals surface area contributed by atoms with E-state index >= 15 is 0 Å². The molecular formula is C11H14Cl2FNO2. The molecule has 96 valence electrons. The highest BCUT2D eigenvalue weighted by Crippen LogP contribution is 2.16. The molecule has 3 nitrogen and oxygen atoms in total. The maximum absolute atomic E-state index is 12.9. The van der Waals surface area contributed by atoms with Crippen molar-refractivity contribution in [3.63, 3.8) is 0 Å². The van der Waals surface area contributed by atoms with Gasteiger partial charge in [0.15, 0.2) is 0 Å². The summed E-state index contributed by atoms with van der Waals surface area (Å²) in [6.45, 7) is 2.00. The fraction of sp³-hybridized carbons (Fsp3) is 0.364. The van der Waals surface area contributed by atoms with Crippen LogP contribution >= 0.6 is 24.0 Å². The predicted molar refractivity (Wildman–Crippen MR) is 67.0 cm³/mol. The Morgan fingerprint density at radius 1 is 1.59 bits per heavy atom. The van der Waals surface area contributed by atoms with Crippen molar-refractivity contribution in [2.24, 2.45) is 5.73 Å². The minimum atomic E-state index is -0.749. The zero-order valence-electron chi connectivity index (χ0n) is 9.28. The summed E-state index contributed by atoms with van der Waals surface area (Å²) < 4.78 is 17.6. The third kappa shape index (κ3) is 4.89. The lowest BCUT2D eigenvalue weighted by Gasteiger charge is -2.10. The molecule has 0 spiro atoms. The van der Waals surface area contributed by atoms with Crippen LogP contribution in [-0.4, -0.2) is 18.6 Å². The van der Waals surface area contributed by atoms with Crippen molar-refractivity contribution in [1.29, 1.82) is 0 Å². The van der Waals surface area contributed by atoms with Crippen molar-refractivity contribution in [3.05, 3.63) is 34.6 Å². The standard InChI is InChI=1S/C11H13ClFNO2.ClH/c1-2-16-11(15)10(14)6-7-3-4-9(13)8(12)5-7;/h3-5,10H,2,6,14H2,1H3;1H/t10-;/m0./s1. The van der Waals surface area contributed by atoms with Gasteiger partial charge in [-0.05, 0) is 31.0 Å². The molecule has 0 aliphatic heterocycles. The van der Waals surface area contributed by atoms with Crippen molar-refractivity contribution in [2.45, 2.75) is 19.4 Å². The highest BCUT2D eigenvalue weighted by molar-refractivity contribution is 6.30. The average molecular weight is 282 g/mol. The molecule has 1 aromatic rings. The summed E-state index contributed by atoms with van der Waals surface area (Å²) in [7, 11) is 0. The zero-order valence-corrected chi connectivity index (χ0v) is 10.9. The summed E-state index contributed by atoms with van der Waals surface area (Å²) in [5.41, 5.74) is 6.31. The molecule has 1 aromatic carbocycles. The molecule has 0 heterocycles. The molecule has 0 saturated carbocycles. The average Bonchev–Trinajstić information content (AvgIpc) is 2.24. The Balaban J connectivity index is 0.00000256. The van der Waals surface area contributed by atoms with Crippen molar-refractivity contribution < 1.29 is 13.9 Å². The fourth-order valence-electron chi connectivity index (χ4n) is 1.25. The van der Waals surface area contributed by atoms with Crippen LogP contribution in [0.3, 0.4) is 0 Å². The smallest absolute Gasteiger partial charge is 0.323 e. The van der Waals surface area contributed by atoms with Gasteiger partial charge in [-0.3, -0.25) is 4.79 Å². The van der Waals surface area contributed by atoms with Gasteiger partial charge in [0.05, 0.1) is 11.6 Å². The number of hydrogen-bond donors (Lipinski definition) is 1. The minimum Gasteiger partial charge on any atom is -0.465 e. The van der Waals surface area contributed by atoms with Crippen molar-refractivity contribution in [1.82, 2.24) is 0 Å². The van der Waals surface area contributed by atoms with Gasteiger partial charge < -0.3 is 10.5 Å². The first kappa shape index (κ1) is 16.2. The van der Waals surface area contributed by atoms with Gasteiger partial charge in [-0.25, -0.2) is 4.39 Å². The summed E-state index contributed by atoms with van der Waals surface area (Å²) >= 11 is 5.61. The Labute approximate surface area is 110 Å². The SMILES string of the molecule is CCOC(=O)[C@@H](N)Cc1ccc(F)c(Cl)c1.Cl. The van der Waals surface area contributed by atoms with Gasteiger partial charge in [0.25, 0.3) is 0 Å². The van der Waals surface area contributed by atoms with Gasteiger partial charge >= 0.3 is 5.97 Å².